The molecular weight excluding hydrogens is 356 g/mol. The number of nitrogens with zero attached hydrogens (tertiary/aromatic N) is 3. The monoisotopic (exact) mass is 380 g/mol. The molecule has 0 radical (unpaired) electrons. The molecule has 0 saturated heterocycles. The van der Waals surface area contributed by atoms with Crippen LogP contribution in [0.3, 0.4) is 0 Å². The Morgan fingerprint density at radius 3 is 2.41 bits per heavy atom. The first-order valence-electron chi connectivity index (χ1n) is 9.17. The lowest BCUT2D eigenvalue weighted by atomic mass is 10.1. The molecule has 1 N–H and O–H groups in total. The average Bonchev–Trinajstić information content (AvgIpc) is 3.09. The van der Waals surface area contributed by atoms with Crippen molar-refractivity contribution in [2.24, 2.45) is 0 Å². The molecule has 0 aliphatic heterocycles. The van der Waals surface area contributed by atoms with Gasteiger partial charge in [0.2, 0.25) is 5.91 Å². The van der Waals surface area contributed by atoms with E-state index in [0.29, 0.717) is 5.75 Å². The number of carbonyl (C=O) groups excluding carboxylic acids is 1. The summed E-state index contributed by atoms with van der Waals surface area (Å²) in [5.74, 6) is 1.18. The Bertz CT molecular complexity index is 875. The number of aryl methyl sites for hydroxylation is 1. The number of carbonyl (C=O) groups is 1. The molecule has 0 spiro atoms. The summed E-state index contributed by atoms with van der Waals surface area (Å²) in [6, 6.07) is 18.2. The Morgan fingerprint density at radius 1 is 1.00 bits per heavy atom. The van der Waals surface area contributed by atoms with E-state index in [1.54, 1.807) is 0 Å². The summed E-state index contributed by atoms with van der Waals surface area (Å²) >= 11 is 1.42. The second kappa shape index (κ2) is 9.37. The van der Waals surface area contributed by atoms with Crippen LogP contribution in [-0.4, -0.2) is 26.4 Å². The molecule has 0 aliphatic carbocycles. The maximum absolute atomic E-state index is 12.2. The third-order valence-corrected chi connectivity index (χ3v) is 5.26. The first-order chi connectivity index (χ1) is 13.2. The maximum Gasteiger partial charge on any atom is 0.234 e. The van der Waals surface area contributed by atoms with Crippen molar-refractivity contribution in [3.05, 3.63) is 71.5 Å². The molecule has 1 aromatic heterocycles. The molecule has 3 aromatic rings. The molecule has 2 aromatic carbocycles. The van der Waals surface area contributed by atoms with Crippen molar-refractivity contribution in [3.63, 3.8) is 0 Å². The van der Waals surface area contributed by atoms with Gasteiger partial charge in [-0.15, -0.1) is 10.2 Å². The molecule has 1 heterocycles. The Morgan fingerprint density at radius 2 is 1.74 bits per heavy atom. The summed E-state index contributed by atoms with van der Waals surface area (Å²) < 4.78 is 2.07. The van der Waals surface area contributed by atoms with Gasteiger partial charge < -0.3 is 9.88 Å². The van der Waals surface area contributed by atoms with Crippen molar-refractivity contribution in [2.45, 2.75) is 38.4 Å². The molecule has 0 atom stereocenters. The third-order valence-electron chi connectivity index (χ3n) is 4.29. The molecule has 140 valence electrons. The largest absolute Gasteiger partial charge is 0.325 e. The van der Waals surface area contributed by atoms with Crippen molar-refractivity contribution < 1.29 is 4.79 Å². The van der Waals surface area contributed by atoms with Gasteiger partial charge in [0, 0.05) is 18.7 Å². The summed E-state index contributed by atoms with van der Waals surface area (Å²) in [7, 11) is 0. The Balaban J connectivity index is 1.59. The highest BCUT2D eigenvalue weighted by Crippen LogP contribution is 2.19. The van der Waals surface area contributed by atoms with E-state index in [4.69, 9.17) is 0 Å². The molecule has 0 bridgehead atoms. The molecule has 0 saturated carbocycles. The quantitative estimate of drug-likeness (QED) is 0.596. The number of thioether (sulfide) groups is 1. The number of rotatable bonds is 8. The first kappa shape index (κ1) is 19.2. The van der Waals surface area contributed by atoms with Gasteiger partial charge in [-0.1, -0.05) is 61.2 Å². The highest BCUT2D eigenvalue weighted by molar-refractivity contribution is 7.99. The Kier molecular flexibility index (Phi) is 6.65. The fourth-order valence-corrected chi connectivity index (χ4v) is 3.62. The highest BCUT2D eigenvalue weighted by Gasteiger charge is 2.13. The van der Waals surface area contributed by atoms with Gasteiger partial charge in [-0.2, -0.15) is 0 Å². The number of anilines is 1. The van der Waals surface area contributed by atoms with Crippen LogP contribution in [0.5, 0.6) is 0 Å². The Hall–Kier alpha value is -2.60. The number of hydrogen-bond donors (Lipinski definition) is 1. The summed E-state index contributed by atoms with van der Waals surface area (Å²) in [6.45, 7) is 4.95. The van der Waals surface area contributed by atoms with Gasteiger partial charge in [0.25, 0.3) is 0 Å². The lowest BCUT2D eigenvalue weighted by molar-refractivity contribution is -0.113. The molecule has 5 nitrogen and oxygen atoms in total. The molecule has 3 rings (SSSR count). The first-order valence-corrected chi connectivity index (χ1v) is 10.2. The van der Waals surface area contributed by atoms with Crippen LogP contribution in [0, 0.1) is 0 Å². The van der Waals surface area contributed by atoms with E-state index < -0.39 is 0 Å². The number of benzene rings is 2. The van der Waals surface area contributed by atoms with Gasteiger partial charge in [0.05, 0.1) is 5.75 Å². The van der Waals surface area contributed by atoms with Crippen LogP contribution >= 0.6 is 11.8 Å². The summed E-state index contributed by atoms with van der Waals surface area (Å²) in [4.78, 5) is 12.2. The lowest BCUT2D eigenvalue weighted by Gasteiger charge is -2.08. The van der Waals surface area contributed by atoms with Crippen molar-refractivity contribution in [3.8, 4) is 0 Å². The predicted octanol–water partition coefficient (Wildman–Crippen LogP) is 4.18. The van der Waals surface area contributed by atoms with Crippen LogP contribution < -0.4 is 5.32 Å². The normalized spacial score (nSPS) is 10.7. The molecular formula is C21H24N4OS. The second-order valence-electron chi connectivity index (χ2n) is 6.19. The zero-order chi connectivity index (χ0) is 19.1. The van der Waals surface area contributed by atoms with E-state index in [-0.39, 0.29) is 5.91 Å². The molecule has 27 heavy (non-hydrogen) atoms. The van der Waals surface area contributed by atoms with Crippen molar-refractivity contribution in [1.82, 2.24) is 14.8 Å². The highest BCUT2D eigenvalue weighted by atomic mass is 32.2. The lowest BCUT2D eigenvalue weighted by Crippen LogP contribution is -2.14. The standard InChI is InChI=1S/C21H24N4OS/c1-3-16-10-12-18(13-11-16)22-20(26)15-27-21-24-23-19(25(21)4-2)14-17-8-6-5-7-9-17/h5-13H,3-4,14-15H2,1-2H3,(H,22,26). The van der Waals surface area contributed by atoms with Gasteiger partial charge in [-0.25, -0.2) is 0 Å². The van der Waals surface area contributed by atoms with Crippen molar-refractivity contribution in [1.29, 1.82) is 0 Å². The van der Waals surface area contributed by atoms with E-state index in [1.165, 1.54) is 22.9 Å². The molecule has 1 amide bonds. The fourth-order valence-electron chi connectivity index (χ4n) is 2.80. The van der Waals surface area contributed by atoms with Gasteiger partial charge in [-0.3, -0.25) is 4.79 Å². The van der Waals surface area contributed by atoms with Crippen LogP contribution in [0.4, 0.5) is 5.69 Å². The van der Waals surface area contributed by atoms with E-state index in [2.05, 4.69) is 46.1 Å². The second-order valence-corrected chi connectivity index (χ2v) is 7.14. The van der Waals surface area contributed by atoms with E-state index in [9.17, 15) is 4.79 Å². The van der Waals surface area contributed by atoms with Crippen LogP contribution in [-0.2, 0) is 24.2 Å². The Labute approximate surface area is 164 Å². The van der Waals surface area contributed by atoms with Gasteiger partial charge in [0.1, 0.15) is 5.82 Å². The zero-order valence-corrected chi connectivity index (χ0v) is 16.5. The summed E-state index contributed by atoms with van der Waals surface area (Å²) in [5.41, 5.74) is 3.27. The van der Waals surface area contributed by atoms with Gasteiger partial charge >= 0.3 is 0 Å². The summed E-state index contributed by atoms with van der Waals surface area (Å²) in [5, 5.41) is 12.3. The van der Waals surface area contributed by atoms with Crippen LogP contribution in [0.25, 0.3) is 0 Å². The molecule has 0 unspecified atom stereocenters. The van der Waals surface area contributed by atoms with E-state index >= 15 is 0 Å². The molecule has 0 fully saturated rings. The maximum atomic E-state index is 12.2. The molecule has 6 heteroatoms. The summed E-state index contributed by atoms with van der Waals surface area (Å²) in [6.07, 6.45) is 1.72. The van der Waals surface area contributed by atoms with Crippen LogP contribution in [0.1, 0.15) is 30.8 Å². The minimum atomic E-state index is -0.0421. The molecule has 0 aliphatic rings. The fraction of sp³-hybridized carbons (Fsp3) is 0.286. The SMILES string of the molecule is CCc1ccc(NC(=O)CSc2nnc(Cc3ccccc3)n2CC)cc1. The number of aromatic nitrogens is 3. The zero-order valence-electron chi connectivity index (χ0n) is 15.7. The minimum absolute atomic E-state index is 0.0421. The van der Waals surface area contributed by atoms with Crippen LogP contribution in [0.2, 0.25) is 0 Å². The topological polar surface area (TPSA) is 59.8 Å². The van der Waals surface area contributed by atoms with Crippen molar-refractivity contribution >= 4 is 23.4 Å². The van der Waals surface area contributed by atoms with Gasteiger partial charge in [0.15, 0.2) is 5.16 Å². The smallest absolute Gasteiger partial charge is 0.234 e. The average molecular weight is 381 g/mol. The number of hydrogen-bond acceptors (Lipinski definition) is 4. The number of amides is 1. The van der Waals surface area contributed by atoms with Gasteiger partial charge in [-0.05, 0) is 36.6 Å². The number of nitrogens with one attached hydrogen (secondary N) is 1. The minimum Gasteiger partial charge on any atom is -0.325 e. The van der Waals surface area contributed by atoms with Crippen LogP contribution in [0.15, 0.2) is 59.8 Å². The van der Waals surface area contributed by atoms with E-state index in [1.807, 2.05) is 42.5 Å². The van der Waals surface area contributed by atoms with Crippen molar-refractivity contribution in [2.75, 3.05) is 11.1 Å². The third kappa shape index (κ3) is 5.20. The predicted molar refractivity (Wildman–Crippen MR) is 110 cm³/mol. The van der Waals surface area contributed by atoms with E-state index in [0.717, 1.165) is 36.1 Å².